The molecular formula is C23H24ClNO2S. The normalized spacial score (nSPS) is 11.2. The molecule has 0 aliphatic rings. The molecule has 3 nitrogen and oxygen atoms in total. The third kappa shape index (κ3) is 5.28. The van der Waals surface area contributed by atoms with Gasteiger partial charge in [0.15, 0.2) is 0 Å². The highest BCUT2D eigenvalue weighted by Gasteiger charge is 2.18. The molecule has 3 aromatic rings. The number of Topliss-reactive ketones (excluding diaryl/α,β-unsaturated/α-hetero) is 1. The first kappa shape index (κ1) is 20.7. The Balaban J connectivity index is 1.98. The molecule has 0 fully saturated rings. The van der Waals surface area contributed by atoms with Gasteiger partial charge in [0.25, 0.3) is 0 Å². The van der Waals surface area contributed by atoms with Gasteiger partial charge in [0, 0.05) is 23.6 Å². The predicted molar refractivity (Wildman–Crippen MR) is 117 cm³/mol. The van der Waals surface area contributed by atoms with Crippen LogP contribution in [0.25, 0.3) is 21.0 Å². The molecule has 0 aliphatic carbocycles. The van der Waals surface area contributed by atoms with E-state index in [4.69, 9.17) is 21.7 Å². The lowest BCUT2D eigenvalue weighted by atomic mass is 10.0. The zero-order chi connectivity index (χ0) is 20.1. The topological polar surface area (TPSA) is 50.2 Å². The second-order valence-corrected chi connectivity index (χ2v) is 8.72. The summed E-state index contributed by atoms with van der Waals surface area (Å²) in [6.45, 7) is 4.24. The lowest BCUT2D eigenvalue weighted by Gasteiger charge is -2.05. The number of rotatable bonds is 8. The van der Waals surface area contributed by atoms with Crippen LogP contribution in [0.5, 0.6) is 0 Å². The number of benzene rings is 2. The molecular weight excluding hydrogens is 390 g/mol. The highest BCUT2D eigenvalue weighted by Crippen LogP contribution is 2.37. The summed E-state index contributed by atoms with van der Waals surface area (Å²) >= 11 is 7.77. The molecule has 0 saturated heterocycles. The molecule has 28 heavy (non-hydrogen) atoms. The maximum atomic E-state index is 12.5. The molecule has 2 aromatic carbocycles. The summed E-state index contributed by atoms with van der Waals surface area (Å²) in [5.74, 6) is 0.535. The molecule has 0 radical (unpaired) electrons. The van der Waals surface area contributed by atoms with Gasteiger partial charge in [0.05, 0.1) is 17.0 Å². The number of aliphatic hydroxyl groups excluding tert-OH is 1. The number of hydrogen-bond donors (Lipinski definition) is 1. The molecule has 3 rings (SSSR count). The fourth-order valence-electron chi connectivity index (χ4n) is 3.11. The van der Waals surface area contributed by atoms with Crippen LogP contribution in [0.3, 0.4) is 0 Å². The molecule has 0 atom stereocenters. The van der Waals surface area contributed by atoms with Crippen LogP contribution in [0.1, 0.15) is 31.5 Å². The number of halogens is 1. The van der Waals surface area contributed by atoms with E-state index in [2.05, 4.69) is 13.8 Å². The standard InChI is InChI=1S/C23H24ClNO2S/c1-15(2)12-20(27)14-21-22(18-4-3-5-19(24)13-18)28-23(25-21)17-8-6-16(7-9-17)10-11-26/h3-9,13,15,26H,10-12,14H2,1-2H3. The Morgan fingerprint density at radius 3 is 2.54 bits per heavy atom. The van der Waals surface area contributed by atoms with Crippen molar-refractivity contribution in [3.05, 3.63) is 64.8 Å². The van der Waals surface area contributed by atoms with Crippen molar-refractivity contribution in [2.45, 2.75) is 33.1 Å². The lowest BCUT2D eigenvalue weighted by molar-refractivity contribution is -0.119. The van der Waals surface area contributed by atoms with Crippen LogP contribution in [0, 0.1) is 5.92 Å². The van der Waals surface area contributed by atoms with E-state index in [0.29, 0.717) is 30.2 Å². The van der Waals surface area contributed by atoms with Crippen molar-refractivity contribution in [1.29, 1.82) is 0 Å². The van der Waals surface area contributed by atoms with Crippen LogP contribution in [0.15, 0.2) is 48.5 Å². The van der Waals surface area contributed by atoms with Gasteiger partial charge in [-0.3, -0.25) is 4.79 Å². The van der Waals surface area contributed by atoms with Crippen molar-refractivity contribution in [3.63, 3.8) is 0 Å². The molecule has 1 heterocycles. The number of aromatic nitrogens is 1. The van der Waals surface area contributed by atoms with Crippen LogP contribution < -0.4 is 0 Å². The Morgan fingerprint density at radius 1 is 1.14 bits per heavy atom. The first-order valence-electron chi connectivity index (χ1n) is 9.43. The summed E-state index contributed by atoms with van der Waals surface area (Å²) in [6.07, 6.45) is 1.53. The van der Waals surface area contributed by atoms with E-state index in [9.17, 15) is 4.79 Å². The monoisotopic (exact) mass is 413 g/mol. The Labute approximate surface area is 175 Å². The first-order chi connectivity index (χ1) is 13.5. The van der Waals surface area contributed by atoms with Crippen LogP contribution in [-0.2, 0) is 17.6 Å². The van der Waals surface area contributed by atoms with Gasteiger partial charge in [-0.15, -0.1) is 11.3 Å². The number of ketones is 1. The van der Waals surface area contributed by atoms with E-state index in [0.717, 1.165) is 32.3 Å². The van der Waals surface area contributed by atoms with Crippen LogP contribution in [0.4, 0.5) is 0 Å². The minimum atomic E-state index is 0.137. The SMILES string of the molecule is CC(C)CC(=O)Cc1nc(-c2ccc(CCO)cc2)sc1-c1cccc(Cl)c1. The molecule has 5 heteroatoms. The van der Waals surface area contributed by atoms with Gasteiger partial charge in [-0.2, -0.15) is 0 Å². The summed E-state index contributed by atoms with van der Waals surface area (Å²) in [6, 6.07) is 15.7. The van der Waals surface area contributed by atoms with Crippen molar-refractivity contribution in [2.24, 2.45) is 5.92 Å². The molecule has 0 aliphatic heterocycles. The number of aliphatic hydroxyl groups is 1. The lowest BCUT2D eigenvalue weighted by Crippen LogP contribution is -2.07. The van der Waals surface area contributed by atoms with Crippen LogP contribution in [0.2, 0.25) is 5.02 Å². The van der Waals surface area contributed by atoms with E-state index in [1.165, 1.54) is 0 Å². The number of carbonyl (C=O) groups is 1. The summed E-state index contributed by atoms with van der Waals surface area (Å²) in [5.41, 5.74) is 3.90. The summed E-state index contributed by atoms with van der Waals surface area (Å²) in [4.78, 5) is 18.3. The molecule has 146 valence electrons. The number of carbonyl (C=O) groups excluding carboxylic acids is 1. The van der Waals surface area contributed by atoms with Gasteiger partial charge >= 0.3 is 0 Å². The molecule has 1 N–H and O–H groups in total. The largest absolute Gasteiger partial charge is 0.396 e. The molecule has 0 bridgehead atoms. The molecule has 0 unspecified atom stereocenters. The average molecular weight is 414 g/mol. The van der Waals surface area contributed by atoms with E-state index in [1.54, 1.807) is 11.3 Å². The zero-order valence-corrected chi connectivity index (χ0v) is 17.7. The van der Waals surface area contributed by atoms with E-state index in [-0.39, 0.29) is 12.4 Å². The van der Waals surface area contributed by atoms with E-state index in [1.807, 2.05) is 48.5 Å². The van der Waals surface area contributed by atoms with Gasteiger partial charge in [-0.05, 0) is 35.6 Å². The van der Waals surface area contributed by atoms with Gasteiger partial charge < -0.3 is 5.11 Å². The van der Waals surface area contributed by atoms with Crippen LogP contribution >= 0.6 is 22.9 Å². The molecule has 0 amide bonds. The molecule has 0 spiro atoms. The maximum absolute atomic E-state index is 12.5. The predicted octanol–water partition coefficient (Wildman–Crippen LogP) is 5.82. The Bertz CT molecular complexity index is 947. The first-order valence-corrected chi connectivity index (χ1v) is 10.6. The Kier molecular flexibility index (Phi) is 7.00. The third-order valence-corrected chi connectivity index (χ3v) is 5.82. The van der Waals surface area contributed by atoms with Gasteiger partial charge in [0.1, 0.15) is 10.8 Å². The highest BCUT2D eigenvalue weighted by molar-refractivity contribution is 7.18. The van der Waals surface area contributed by atoms with E-state index < -0.39 is 0 Å². The van der Waals surface area contributed by atoms with Crippen molar-refractivity contribution >= 4 is 28.7 Å². The molecule has 0 saturated carbocycles. The van der Waals surface area contributed by atoms with Gasteiger partial charge in [-0.25, -0.2) is 4.98 Å². The fraction of sp³-hybridized carbons (Fsp3) is 0.304. The van der Waals surface area contributed by atoms with Crippen molar-refractivity contribution in [1.82, 2.24) is 4.98 Å². The second-order valence-electron chi connectivity index (χ2n) is 7.29. The van der Waals surface area contributed by atoms with Crippen LogP contribution in [-0.4, -0.2) is 22.5 Å². The minimum Gasteiger partial charge on any atom is -0.396 e. The van der Waals surface area contributed by atoms with E-state index >= 15 is 0 Å². The summed E-state index contributed by atoms with van der Waals surface area (Å²) in [5, 5.41) is 10.6. The third-order valence-electron chi connectivity index (χ3n) is 4.39. The zero-order valence-electron chi connectivity index (χ0n) is 16.1. The second kappa shape index (κ2) is 9.46. The fourth-order valence-corrected chi connectivity index (χ4v) is 4.38. The maximum Gasteiger partial charge on any atom is 0.139 e. The highest BCUT2D eigenvalue weighted by atomic mass is 35.5. The van der Waals surface area contributed by atoms with Crippen molar-refractivity contribution in [3.8, 4) is 21.0 Å². The minimum absolute atomic E-state index is 0.137. The number of hydrogen-bond acceptors (Lipinski definition) is 4. The van der Waals surface area contributed by atoms with Crippen molar-refractivity contribution < 1.29 is 9.90 Å². The quantitative estimate of drug-likeness (QED) is 0.506. The Morgan fingerprint density at radius 2 is 1.89 bits per heavy atom. The van der Waals surface area contributed by atoms with Gasteiger partial charge in [-0.1, -0.05) is 61.8 Å². The number of nitrogens with zero attached hydrogens (tertiary/aromatic N) is 1. The smallest absolute Gasteiger partial charge is 0.139 e. The summed E-state index contributed by atoms with van der Waals surface area (Å²) < 4.78 is 0. The Hall–Kier alpha value is -2.01. The average Bonchev–Trinajstić information content (AvgIpc) is 3.05. The number of thiazole rings is 1. The molecule has 1 aromatic heterocycles. The van der Waals surface area contributed by atoms with Gasteiger partial charge in [0.2, 0.25) is 0 Å². The van der Waals surface area contributed by atoms with Crippen molar-refractivity contribution in [2.75, 3.05) is 6.61 Å². The summed E-state index contributed by atoms with van der Waals surface area (Å²) in [7, 11) is 0.